The fourth-order valence-electron chi connectivity index (χ4n) is 2.85. The number of nitrogens with zero attached hydrogens (tertiary/aromatic N) is 1. The van der Waals surface area contributed by atoms with Crippen molar-refractivity contribution in [2.24, 2.45) is 0 Å². The molecule has 0 aliphatic carbocycles. The van der Waals surface area contributed by atoms with Crippen molar-refractivity contribution in [2.45, 2.75) is 58.8 Å². The molecule has 1 N–H and O–H groups in total. The summed E-state index contributed by atoms with van der Waals surface area (Å²) in [6.45, 7) is 4.63. The molecular formula is C20H27ClN2O2. The number of halogens is 1. The lowest BCUT2D eigenvalue weighted by atomic mass is 10.1. The van der Waals surface area contributed by atoms with Crippen molar-refractivity contribution in [3.63, 3.8) is 0 Å². The second kappa shape index (κ2) is 10.2. The standard InChI is InChI=1S/C20H27ClN2O2/c1-3-4-5-6-7-8-11-14-22-20(24)18-15(2)25-23-19(18)16-12-9-10-13-17(16)21/h9-10,12-13H,3-8,11,14H2,1-2H3,(H,22,24). The molecule has 2 rings (SSSR count). The van der Waals surface area contributed by atoms with Gasteiger partial charge in [-0.2, -0.15) is 0 Å². The van der Waals surface area contributed by atoms with Gasteiger partial charge < -0.3 is 9.84 Å². The van der Waals surface area contributed by atoms with Crippen molar-refractivity contribution in [2.75, 3.05) is 6.54 Å². The van der Waals surface area contributed by atoms with Crippen LogP contribution in [-0.4, -0.2) is 17.6 Å². The zero-order valence-electron chi connectivity index (χ0n) is 15.1. The molecule has 0 aliphatic rings. The Labute approximate surface area is 154 Å². The second-order valence-electron chi connectivity index (χ2n) is 6.32. The van der Waals surface area contributed by atoms with Crippen LogP contribution in [0.15, 0.2) is 28.8 Å². The number of amides is 1. The number of rotatable bonds is 10. The van der Waals surface area contributed by atoms with Gasteiger partial charge in [0, 0.05) is 12.1 Å². The molecule has 0 fully saturated rings. The van der Waals surface area contributed by atoms with E-state index in [-0.39, 0.29) is 5.91 Å². The molecule has 0 aliphatic heterocycles. The van der Waals surface area contributed by atoms with Crippen molar-refractivity contribution < 1.29 is 9.32 Å². The summed E-state index contributed by atoms with van der Waals surface area (Å²) in [7, 11) is 0. The largest absolute Gasteiger partial charge is 0.360 e. The smallest absolute Gasteiger partial charge is 0.257 e. The van der Waals surface area contributed by atoms with Crippen LogP contribution in [0.3, 0.4) is 0 Å². The number of carbonyl (C=O) groups is 1. The lowest BCUT2D eigenvalue weighted by Gasteiger charge is -2.07. The van der Waals surface area contributed by atoms with Crippen LogP contribution >= 0.6 is 11.6 Å². The molecule has 0 atom stereocenters. The van der Waals surface area contributed by atoms with Crippen LogP contribution < -0.4 is 5.32 Å². The third kappa shape index (κ3) is 5.60. The second-order valence-corrected chi connectivity index (χ2v) is 6.73. The van der Waals surface area contributed by atoms with E-state index in [0.29, 0.717) is 34.1 Å². The molecule has 0 spiro atoms. The van der Waals surface area contributed by atoms with E-state index < -0.39 is 0 Å². The number of carbonyl (C=O) groups excluding carboxylic acids is 1. The first-order valence-corrected chi connectivity index (χ1v) is 9.52. The summed E-state index contributed by atoms with van der Waals surface area (Å²) in [4.78, 5) is 12.6. The first-order valence-electron chi connectivity index (χ1n) is 9.14. The fourth-order valence-corrected chi connectivity index (χ4v) is 3.07. The molecule has 1 aromatic heterocycles. The maximum atomic E-state index is 12.6. The first kappa shape index (κ1) is 19.5. The molecule has 4 nitrogen and oxygen atoms in total. The van der Waals surface area contributed by atoms with Gasteiger partial charge in [-0.05, 0) is 19.4 Å². The minimum atomic E-state index is -0.153. The Kier molecular flexibility index (Phi) is 7.99. The van der Waals surface area contributed by atoms with E-state index in [4.69, 9.17) is 16.1 Å². The third-order valence-corrected chi connectivity index (χ3v) is 4.61. The number of aromatic nitrogens is 1. The molecule has 0 saturated carbocycles. The summed E-state index contributed by atoms with van der Waals surface area (Å²) in [6.07, 6.45) is 8.53. The van der Waals surface area contributed by atoms with E-state index in [2.05, 4.69) is 17.4 Å². The normalized spacial score (nSPS) is 10.8. The highest BCUT2D eigenvalue weighted by atomic mass is 35.5. The van der Waals surface area contributed by atoms with Gasteiger partial charge >= 0.3 is 0 Å². The molecule has 1 heterocycles. The van der Waals surface area contributed by atoms with Crippen LogP contribution in [0.2, 0.25) is 5.02 Å². The summed E-state index contributed by atoms with van der Waals surface area (Å²) < 4.78 is 5.24. The molecule has 0 saturated heterocycles. The molecule has 136 valence electrons. The zero-order valence-corrected chi connectivity index (χ0v) is 15.9. The van der Waals surface area contributed by atoms with Gasteiger partial charge in [0.2, 0.25) is 0 Å². The number of benzene rings is 1. The average molecular weight is 363 g/mol. The lowest BCUT2D eigenvalue weighted by Crippen LogP contribution is -2.25. The highest BCUT2D eigenvalue weighted by molar-refractivity contribution is 6.33. The van der Waals surface area contributed by atoms with E-state index in [9.17, 15) is 4.79 Å². The molecule has 0 bridgehead atoms. The molecule has 2 aromatic rings. The molecule has 25 heavy (non-hydrogen) atoms. The van der Waals surface area contributed by atoms with Gasteiger partial charge in [0.1, 0.15) is 17.0 Å². The van der Waals surface area contributed by atoms with Crippen molar-refractivity contribution in [1.82, 2.24) is 10.5 Å². The minimum Gasteiger partial charge on any atom is -0.360 e. The predicted octanol–water partition coefficient (Wildman–Crippen LogP) is 5.78. The van der Waals surface area contributed by atoms with Crippen LogP contribution in [0.25, 0.3) is 11.3 Å². The number of aryl methyl sites for hydroxylation is 1. The van der Waals surface area contributed by atoms with Crippen molar-refractivity contribution in [1.29, 1.82) is 0 Å². The predicted molar refractivity (Wildman–Crippen MR) is 102 cm³/mol. The lowest BCUT2D eigenvalue weighted by molar-refractivity contribution is 0.0952. The van der Waals surface area contributed by atoms with E-state index >= 15 is 0 Å². The van der Waals surface area contributed by atoms with Gasteiger partial charge in [0.25, 0.3) is 5.91 Å². The van der Waals surface area contributed by atoms with Crippen LogP contribution in [0, 0.1) is 6.92 Å². The number of nitrogens with one attached hydrogen (secondary N) is 1. The summed E-state index contributed by atoms with van der Waals surface area (Å²) in [5.74, 6) is 0.353. The van der Waals surface area contributed by atoms with Gasteiger partial charge in [-0.3, -0.25) is 4.79 Å². The Morgan fingerprint density at radius 1 is 1.12 bits per heavy atom. The van der Waals surface area contributed by atoms with Crippen LogP contribution in [-0.2, 0) is 0 Å². The van der Waals surface area contributed by atoms with E-state index in [1.54, 1.807) is 13.0 Å². The van der Waals surface area contributed by atoms with Crippen molar-refractivity contribution in [3.8, 4) is 11.3 Å². The van der Waals surface area contributed by atoms with Crippen LogP contribution in [0.4, 0.5) is 0 Å². The maximum absolute atomic E-state index is 12.6. The van der Waals surface area contributed by atoms with E-state index in [1.165, 1.54) is 32.1 Å². The summed E-state index contributed by atoms with van der Waals surface area (Å²) in [6, 6.07) is 7.33. The number of unbranched alkanes of at least 4 members (excludes halogenated alkanes) is 6. The van der Waals surface area contributed by atoms with Gasteiger partial charge in [-0.15, -0.1) is 0 Å². The van der Waals surface area contributed by atoms with Gasteiger partial charge in [-0.1, -0.05) is 80.4 Å². The summed E-state index contributed by atoms with van der Waals surface area (Å²) in [5.41, 5.74) is 1.68. The molecule has 5 heteroatoms. The van der Waals surface area contributed by atoms with Crippen LogP contribution in [0.5, 0.6) is 0 Å². The molecular weight excluding hydrogens is 336 g/mol. The van der Waals surface area contributed by atoms with Crippen molar-refractivity contribution >= 4 is 17.5 Å². The van der Waals surface area contributed by atoms with Gasteiger partial charge in [0.05, 0.1) is 5.02 Å². The highest BCUT2D eigenvalue weighted by Gasteiger charge is 2.22. The summed E-state index contributed by atoms with van der Waals surface area (Å²) in [5, 5.41) is 7.56. The van der Waals surface area contributed by atoms with Crippen LogP contribution in [0.1, 0.15) is 68.0 Å². The van der Waals surface area contributed by atoms with Gasteiger partial charge in [0.15, 0.2) is 0 Å². The monoisotopic (exact) mass is 362 g/mol. The SMILES string of the molecule is CCCCCCCCCNC(=O)c1c(-c2ccccc2Cl)noc1C. The third-order valence-electron chi connectivity index (χ3n) is 4.28. The van der Waals surface area contributed by atoms with Crippen molar-refractivity contribution in [3.05, 3.63) is 40.6 Å². The Morgan fingerprint density at radius 2 is 1.80 bits per heavy atom. The first-order chi connectivity index (χ1) is 12.1. The zero-order chi connectivity index (χ0) is 18.1. The summed E-state index contributed by atoms with van der Waals surface area (Å²) >= 11 is 6.23. The number of hydrogen-bond acceptors (Lipinski definition) is 3. The number of hydrogen-bond donors (Lipinski definition) is 1. The Balaban J connectivity index is 1.88. The highest BCUT2D eigenvalue weighted by Crippen LogP contribution is 2.30. The minimum absolute atomic E-state index is 0.153. The topological polar surface area (TPSA) is 55.1 Å². The Bertz CT molecular complexity index is 682. The van der Waals surface area contributed by atoms with E-state index in [1.807, 2.05) is 18.2 Å². The quantitative estimate of drug-likeness (QED) is 0.544. The van der Waals surface area contributed by atoms with Gasteiger partial charge in [-0.25, -0.2) is 0 Å². The Morgan fingerprint density at radius 3 is 2.52 bits per heavy atom. The molecule has 1 amide bonds. The molecule has 0 unspecified atom stereocenters. The van der Waals surface area contributed by atoms with E-state index in [0.717, 1.165) is 12.8 Å². The fraction of sp³-hybridized carbons (Fsp3) is 0.500. The molecule has 0 radical (unpaired) electrons. The Hall–Kier alpha value is -1.81. The average Bonchev–Trinajstić information content (AvgIpc) is 2.99. The molecule has 1 aromatic carbocycles. The maximum Gasteiger partial charge on any atom is 0.257 e.